The third kappa shape index (κ3) is 3.96. The summed E-state index contributed by atoms with van der Waals surface area (Å²) in [6, 6.07) is 9.35. The number of hydrogen-bond acceptors (Lipinski definition) is 5. The molecule has 0 saturated heterocycles. The lowest BCUT2D eigenvalue weighted by Gasteiger charge is -2.23. The molecule has 0 spiro atoms. The van der Waals surface area contributed by atoms with E-state index in [9.17, 15) is 4.79 Å². The number of benzene rings is 1. The van der Waals surface area contributed by atoms with Gasteiger partial charge in [0.2, 0.25) is 0 Å². The molecule has 4 rings (SSSR count). The zero-order chi connectivity index (χ0) is 23.0. The second kappa shape index (κ2) is 8.67. The molecule has 32 heavy (non-hydrogen) atoms. The Morgan fingerprint density at radius 3 is 2.53 bits per heavy atom. The quantitative estimate of drug-likeness (QED) is 0.416. The minimum absolute atomic E-state index is 0.314. The highest BCUT2D eigenvalue weighted by molar-refractivity contribution is 6.30. The minimum Gasteiger partial charge on any atom is -0.462 e. The van der Waals surface area contributed by atoms with Crippen molar-refractivity contribution >= 4 is 28.9 Å². The number of anilines is 1. The van der Waals surface area contributed by atoms with E-state index in [2.05, 4.69) is 15.5 Å². The van der Waals surface area contributed by atoms with Crippen molar-refractivity contribution in [3.05, 3.63) is 81.5 Å². The lowest BCUT2D eigenvalue weighted by atomic mass is 9.98. The van der Waals surface area contributed by atoms with Gasteiger partial charge in [-0.3, -0.25) is 4.40 Å². The van der Waals surface area contributed by atoms with Gasteiger partial charge in [-0.15, -0.1) is 10.2 Å². The van der Waals surface area contributed by atoms with Crippen LogP contribution in [0, 0.1) is 20.8 Å². The number of aryl methyl sites for hydroxylation is 4. The van der Waals surface area contributed by atoms with Gasteiger partial charge < -0.3 is 14.6 Å². The van der Waals surface area contributed by atoms with Gasteiger partial charge in [0.25, 0.3) is 0 Å². The first-order valence-corrected chi connectivity index (χ1v) is 10.8. The van der Waals surface area contributed by atoms with E-state index in [0.29, 0.717) is 17.2 Å². The number of fused-ring (bicyclic) bond motifs is 1. The molecule has 0 amide bonds. The first-order chi connectivity index (χ1) is 15.3. The Morgan fingerprint density at radius 2 is 1.84 bits per heavy atom. The average molecular weight is 452 g/mol. The predicted octanol–water partition coefficient (Wildman–Crippen LogP) is 5.02. The van der Waals surface area contributed by atoms with Gasteiger partial charge in [-0.05, 0) is 62.6 Å². The lowest BCUT2D eigenvalue weighted by Crippen LogP contribution is -2.20. The Balaban J connectivity index is 1.87. The van der Waals surface area contributed by atoms with E-state index < -0.39 is 0 Å². The molecule has 1 unspecified atom stereocenters. The average Bonchev–Trinajstić information content (AvgIpc) is 3.26. The minimum atomic E-state index is -0.331. The van der Waals surface area contributed by atoms with Crippen LogP contribution >= 0.6 is 11.6 Å². The number of ether oxygens (including phenoxy) is 1. The Kier molecular flexibility index (Phi) is 5.93. The summed E-state index contributed by atoms with van der Waals surface area (Å²) in [4.78, 5) is 12.9. The van der Waals surface area contributed by atoms with Crippen LogP contribution in [0.3, 0.4) is 0 Å². The lowest BCUT2D eigenvalue weighted by molar-refractivity contribution is 0.0524. The van der Waals surface area contributed by atoms with E-state index in [0.717, 1.165) is 39.5 Å². The number of hydrogen-bond donors (Lipinski definition) is 1. The summed E-state index contributed by atoms with van der Waals surface area (Å²) in [6.07, 6.45) is 3.92. The SMILES string of the molecule is CCOC(=O)c1c(C)cn(C)c1C(Nc1cc(C)c2nnc(C)n2c1)c1ccc(Cl)cc1. The van der Waals surface area contributed by atoms with Crippen molar-refractivity contribution in [1.29, 1.82) is 0 Å². The zero-order valence-electron chi connectivity index (χ0n) is 18.8. The van der Waals surface area contributed by atoms with Gasteiger partial charge in [-0.25, -0.2) is 4.79 Å². The van der Waals surface area contributed by atoms with Crippen LogP contribution in [-0.2, 0) is 11.8 Å². The number of nitrogens with zero attached hydrogens (tertiary/aromatic N) is 4. The van der Waals surface area contributed by atoms with Crippen molar-refractivity contribution in [2.45, 2.75) is 33.7 Å². The number of aromatic nitrogens is 4. The van der Waals surface area contributed by atoms with Crippen molar-refractivity contribution in [3.63, 3.8) is 0 Å². The first-order valence-electron chi connectivity index (χ1n) is 10.5. The standard InChI is InChI=1S/C24H26ClN5O2/c1-6-32-24(31)20-15(3)12-29(5)22(20)21(17-7-9-18(25)10-8-17)26-19-11-14(2)23-28-27-16(4)30(23)13-19/h7-13,21,26H,6H2,1-5H3. The molecule has 4 aromatic rings. The predicted molar refractivity (Wildman–Crippen MR) is 125 cm³/mol. The number of halogens is 1. The molecule has 0 fully saturated rings. The van der Waals surface area contributed by atoms with E-state index in [1.165, 1.54) is 0 Å². The van der Waals surface area contributed by atoms with Gasteiger partial charge >= 0.3 is 5.97 Å². The van der Waals surface area contributed by atoms with Crippen LogP contribution in [0.1, 0.15) is 51.5 Å². The van der Waals surface area contributed by atoms with Gasteiger partial charge in [0.05, 0.1) is 29.6 Å². The van der Waals surface area contributed by atoms with Gasteiger partial charge in [0.15, 0.2) is 5.65 Å². The summed E-state index contributed by atoms with van der Waals surface area (Å²) in [6.45, 7) is 7.96. The van der Waals surface area contributed by atoms with Crippen LogP contribution in [0.15, 0.2) is 42.7 Å². The normalized spacial score (nSPS) is 12.2. The number of nitrogens with one attached hydrogen (secondary N) is 1. The Morgan fingerprint density at radius 1 is 1.12 bits per heavy atom. The highest BCUT2D eigenvalue weighted by atomic mass is 35.5. The largest absolute Gasteiger partial charge is 0.462 e. The maximum Gasteiger partial charge on any atom is 0.340 e. The molecule has 0 aliphatic carbocycles. The molecule has 1 N–H and O–H groups in total. The molecule has 8 heteroatoms. The van der Waals surface area contributed by atoms with Gasteiger partial charge in [-0.2, -0.15) is 0 Å². The highest BCUT2D eigenvalue weighted by Crippen LogP contribution is 2.33. The van der Waals surface area contributed by atoms with Crippen molar-refractivity contribution in [1.82, 2.24) is 19.2 Å². The van der Waals surface area contributed by atoms with Crippen molar-refractivity contribution in [2.24, 2.45) is 7.05 Å². The van der Waals surface area contributed by atoms with Crippen molar-refractivity contribution in [3.8, 4) is 0 Å². The molecule has 166 valence electrons. The molecular formula is C24H26ClN5O2. The Bertz CT molecular complexity index is 1290. The first kappa shape index (κ1) is 21.9. The Labute approximate surface area is 192 Å². The number of pyridine rings is 1. The summed E-state index contributed by atoms with van der Waals surface area (Å²) in [5, 5.41) is 12.7. The molecule has 3 aromatic heterocycles. The molecular weight excluding hydrogens is 426 g/mol. The number of esters is 1. The molecule has 0 radical (unpaired) electrons. The summed E-state index contributed by atoms with van der Waals surface area (Å²) in [5.41, 5.74) is 5.92. The fourth-order valence-electron chi connectivity index (χ4n) is 4.10. The summed E-state index contributed by atoms with van der Waals surface area (Å²) < 4.78 is 9.31. The third-order valence-corrected chi connectivity index (χ3v) is 5.80. The monoisotopic (exact) mass is 451 g/mol. The van der Waals surface area contributed by atoms with E-state index >= 15 is 0 Å². The van der Waals surface area contributed by atoms with Crippen molar-refractivity contribution < 1.29 is 9.53 Å². The fourth-order valence-corrected chi connectivity index (χ4v) is 4.22. The van der Waals surface area contributed by atoms with E-state index in [-0.39, 0.29) is 12.0 Å². The van der Waals surface area contributed by atoms with Crippen LogP contribution in [0.5, 0.6) is 0 Å². The maximum atomic E-state index is 12.9. The molecule has 1 aromatic carbocycles. The van der Waals surface area contributed by atoms with E-state index in [1.807, 2.05) is 86.4 Å². The fraction of sp³-hybridized carbons (Fsp3) is 0.292. The third-order valence-electron chi connectivity index (χ3n) is 5.54. The summed E-state index contributed by atoms with van der Waals surface area (Å²) in [7, 11) is 1.94. The number of carbonyl (C=O) groups excluding carboxylic acids is 1. The summed E-state index contributed by atoms with van der Waals surface area (Å²) in [5.74, 6) is 0.472. The molecule has 3 heterocycles. The molecule has 7 nitrogen and oxygen atoms in total. The molecule has 0 bridgehead atoms. The van der Waals surface area contributed by atoms with Gasteiger partial charge in [0.1, 0.15) is 5.82 Å². The van der Waals surface area contributed by atoms with Crippen LogP contribution in [0.25, 0.3) is 5.65 Å². The van der Waals surface area contributed by atoms with E-state index in [1.54, 1.807) is 0 Å². The molecule has 1 atom stereocenters. The van der Waals surface area contributed by atoms with Gasteiger partial charge in [-0.1, -0.05) is 23.7 Å². The maximum absolute atomic E-state index is 12.9. The molecule has 0 aliphatic heterocycles. The van der Waals surface area contributed by atoms with Crippen LogP contribution < -0.4 is 5.32 Å². The number of carbonyl (C=O) groups is 1. The molecule has 0 aliphatic rings. The second-order valence-electron chi connectivity index (χ2n) is 7.89. The zero-order valence-corrected chi connectivity index (χ0v) is 19.6. The van der Waals surface area contributed by atoms with Gasteiger partial charge in [0, 0.05) is 24.5 Å². The van der Waals surface area contributed by atoms with E-state index in [4.69, 9.17) is 16.3 Å². The highest BCUT2D eigenvalue weighted by Gasteiger charge is 2.27. The smallest absolute Gasteiger partial charge is 0.340 e. The Hall–Kier alpha value is -3.32. The topological polar surface area (TPSA) is 73.4 Å². The second-order valence-corrected chi connectivity index (χ2v) is 8.32. The van der Waals surface area contributed by atoms with Crippen LogP contribution in [-0.4, -0.2) is 31.7 Å². The van der Waals surface area contributed by atoms with Crippen molar-refractivity contribution in [2.75, 3.05) is 11.9 Å². The van der Waals surface area contributed by atoms with Crippen LogP contribution in [0.2, 0.25) is 5.02 Å². The van der Waals surface area contributed by atoms with Crippen LogP contribution in [0.4, 0.5) is 5.69 Å². The summed E-state index contributed by atoms with van der Waals surface area (Å²) >= 11 is 6.16. The molecule has 0 saturated carbocycles. The number of rotatable bonds is 6.